The normalized spacial score (nSPS) is 10.3. The van der Waals surface area contributed by atoms with Gasteiger partial charge in [-0.05, 0) is 36.2 Å². The second kappa shape index (κ2) is 6.80. The molecule has 0 saturated carbocycles. The minimum atomic E-state index is 0.0799. The monoisotopic (exact) mass is 271 g/mol. The molecule has 0 saturated heterocycles. The predicted molar refractivity (Wildman–Crippen MR) is 81.7 cm³/mol. The largest absolute Gasteiger partial charge is 0.378 e. The molecule has 0 spiro atoms. The molecule has 1 amide bonds. The first-order valence-electron chi connectivity index (χ1n) is 6.80. The van der Waals surface area contributed by atoms with Gasteiger partial charge in [0.15, 0.2) is 0 Å². The van der Waals surface area contributed by atoms with Crippen LogP contribution in [-0.4, -0.2) is 25.0 Å². The van der Waals surface area contributed by atoms with Crippen molar-refractivity contribution >= 4 is 11.6 Å². The lowest BCUT2D eigenvalue weighted by atomic mass is 10.1. The van der Waals surface area contributed by atoms with Gasteiger partial charge in [0.2, 0.25) is 5.91 Å². The van der Waals surface area contributed by atoms with Gasteiger partial charge in [0.1, 0.15) is 0 Å². The van der Waals surface area contributed by atoms with Crippen LogP contribution in [-0.2, 0) is 17.8 Å². The van der Waals surface area contributed by atoms with Crippen molar-refractivity contribution in [1.29, 1.82) is 0 Å². The first-order chi connectivity index (χ1) is 9.65. The Morgan fingerprint density at radius 3 is 2.55 bits per heavy atom. The Labute approximate surface area is 119 Å². The van der Waals surface area contributed by atoms with Crippen LogP contribution in [0.15, 0.2) is 42.6 Å². The van der Waals surface area contributed by atoms with E-state index >= 15 is 0 Å². The highest BCUT2D eigenvalue weighted by atomic mass is 16.1. The van der Waals surface area contributed by atoms with Crippen LogP contribution in [0.2, 0.25) is 0 Å². The molecule has 4 heteroatoms. The molecule has 0 aliphatic heterocycles. The second-order valence-corrected chi connectivity index (χ2v) is 5.03. The van der Waals surface area contributed by atoms with Crippen molar-refractivity contribution in [2.24, 2.45) is 0 Å². The molecule has 1 heterocycles. The van der Waals surface area contributed by atoms with Gasteiger partial charge < -0.3 is 15.2 Å². The van der Waals surface area contributed by atoms with Gasteiger partial charge in [-0.1, -0.05) is 12.1 Å². The molecule has 0 aliphatic carbocycles. The van der Waals surface area contributed by atoms with Crippen LogP contribution >= 0.6 is 0 Å². The first-order valence-corrected chi connectivity index (χ1v) is 6.80. The third-order valence-corrected chi connectivity index (χ3v) is 3.23. The van der Waals surface area contributed by atoms with Crippen molar-refractivity contribution in [2.75, 3.05) is 19.0 Å². The van der Waals surface area contributed by atoms with Gasteiger partial charge in [0.25, 0.3) is 0 Å². The maximum absolute atomic E-state index is 11.8. The molecule has 4 nitrogen and oxygen atoms in total. The molecule has 0 unspecified atom stereocenters. The molecule has 2 N–H and O–H groups in total. The quantitative estimate of drug-likeness (QED) is 0.847. The van der Waals surface area contributed by atoms with Gasteiger partial charge in [0.05, 0.1) is 6.54 Å². The van der Waals surface area contributed by atoms with Crippen LogP contribution in [0.5, 0.6) is 0 Å². The zero-order valence-corrected chi connectivity index (χ0v) is 12.0. The topological polar surface area (TPSA) is 48.1 Å². The summed E-state index contributed by atoms with van der Waals surface area (Å²) < 4.78 is 0. The number of aryl methyl sites for hydroxylation is 1. The van der Waals surface area contributed by atoms with Crippen LogP contribution < -0.4 is 10.2 Å². The molecule has 106 valence electrons. The average Bonchev–Trinajstić information content (AvgIpc) is 2.96. The number of benzene rings is 1. The minimum absolute atomic E-state index is 0.0799. The smallest absolute Gasteiger partial charge is 0.220 e. The summed E-state index contributed by atoms with van der Waals surface area (Å²) in [6, 6.07) is 12.2. The molecule has 2 rings (SSSR count). The van der Waals surface area contributed by atoms with Crippen LogP contribution in [0.1, 0.15) is 17.7 Å². The lowest BCUT2D eigenvalue weighted by molar-refractivity contribution is -0.121. The van der Waals surface area contributed by atoms with E-state index in [1.54, 1.807) is 0 Å². The van der Waals surface area contributed by atoms with Gasteiger partial charge in [-0.15, -0.1) is 0 Å². The SMILES string of the molecule is CN(C)c1ccc(CCC(=O)NCc2ccc[nH]2)cc1. The summed E-state index contributed by atoms with van der Waals surface area (Å²) in [5.74, 6) is 0.0799. The van der Waals surface area contributed by atoms with Gasteiger partial charge in [-0.25, -0.2) is 0 Å². The number of aromatic nitrogens is 1. The van der Waals surface area contributed by atoms with Crippen molar-refractivity contribution in [3.8, 4) is 0 Å². The standard InChI is InChI=1S/C16H21N3O/c1-19(2)15-8-5-13(6-9-15)7-10-16(20)18-12-14-4-3-11-17-14/h3-6,8-9,11,17H,7,10,12H2,1-2H3,(H,18,20). The molecular weight excluding hydrogens is 250 g/mol. The fourth-order valence-electron chi connectivity index (χ4n) is 1.98. The van der Waals surface area contributed by atoms with Crippen molar-refractivity contribution in [1.82, 2.24) is 10.3 Å². The number of H-pyrrole nitrogens is 1. The third kappa shape index (κ3) is 4.16. The van der Waals surface area contributed by atoms with Crippen LogP contribution in [0.25, 0.3) is 0 Å². The van der Waals surface area contributed by atoms with E-state index in [4.69, 9.17) is 0 Å². The molecule has 0 radical (unpaired) electrons. The number of carbonyl (C=O) groups is 1. The number of carbonyl (C=O) groups excluding carboxylic acids is 1. The number of rotatable bonds is 6. The summed E-state index contributed by atoms with van der Waals surface area (Å²) in [5, 5.41) is 2.91. The summed E-state index contributed by atoms with van der Waals surface area (Å²) in [4.78, 5) is 16.9. The van der Waals surface area contributed by atoms with E-state index in [1.165, 1.54) is 11.3 Å². The molecule has 0 fully saturated rings. The summed E-state index contributed by atoms with van der Waals surface area (Å²) in [6.45, 7) is 0.561. The fourth-order valence-corrected chi connectivity index (χ4v) is 1.98. The van der Waals surface area contributed by atoms with Crippen molar-refractivity contribution < 1.29 is 4.79 Å². The zero-order chi connectivity index (χ0) is 14.4. The summed E-state index contributed by atoms with van der Waals surface area (Å²) in [6.07, 6.45) is 3.14. The van der Waals surface area contributed by atoms with E-state index in [2.05, 4.69) is 39.5 Å². The Balaban J connectivity index is 1.75. The van der Waals surface area contributed by atoms with Crippen LogP contribution in [0.4, 0.5) is 5.69 Å². The second-order valence-electron chi connectivity index (χ2n) is 5.03. The molecule has 1 aromatic carbocycles. The van der Waals surface area contributed by atoms with E-state index in [0.29, 0.717) is 13.0 Å². The molecule has 2 aromatic rings. The first kappa shape index (κ1) is 14.2. The highest BCUT2D eigenvalue weighted by Crippen LogP contribution is 2.13. The maximum atomic E-state index is 11.8. The van der Waals surface area contributed by atoms with Gasteiger partial charge in [-0.3, -0.25) is 4.79 Å². The predicted octanol–water partition coefficient (Wildman–Crippen LogP) is 2.33. The van der Waals surface area contributed by atoms with Crippen LogP contribution in [0.3, 0.4) is 0 Å². The highest BCUT2D eigenvalue weighted by molar-refractivity contribution is 5.76. The number of hydrogen-bond donors (Lipinski definition) is 2. The van der Waals surface area contributed by atoms with Crippen LogP contribution in [0, 0.1) is 0 Å². The van der Waals surface area contributed by atoms with E-state index in [0.717, 1.165) is 12.1 Å². The summed E-state index contributed by atoms with van der Waals surface area (Å²) in [7, 11) is 4.03. The number of anilines is 1. The Morgan fingerprint density at radius 1 is 1.20 bits per heavy atom. The van der Waals surface area contributed by atoms with Crippen molar-refractivity contribution in [3.63, 3.8) is 0 Å². The summed E-state index contributed by atoms with van der Waals surface area (Å²) >= 11 is 0. The van der Waals surface area contributed by atoms with Gasteiger partial charge in [-0.2, -0.15) is 0 Å². The van der Waals surface area contributed by atoms with E-state index in [9.17, 15) is 4.79 Å². The number of nitrogens with one attached hydrogen (secondary N) is 2. The lowest BCUT2D eigenvalue weighted by Gasteiger charge is -2.12. The Bertz CT molecular complexity index is 529. The highest BCUT2D eigenvalue weighted by Gasteiger charge is 2.03. The number of aromatic amines is 1. The molecular formula is C16H21N3O. The molecule has 0 aliphatic rings. The van der Waals surface area contributed by atoms with Crippen molar-refractivity contribution in [3.05, 3.63) is 53.9 Å². The van der Waals surface area contributed by atoms with E-state index in [1.807, 2.05) is 32.4 Å². The van der Waals surface area contributed by atoms with E-state index < -0.39 is 0 Å². The number of nitrogens with zero attached hydrogens (tertiary/aromatic N) is 1. The minimum Gasteiger partial charge on any atom is -0.378 e. The molecule has 20 heavy (non-hydrogen) atoms. The zero-order valence-electron chi connectivity index (χ0n) is 12.0. The van der Waals surface area contributed by atoms with E-state index in [-0.39, 0.29) is 5.91 Å². The average molecular weight is 271 g/mol. The maximum Gasteiger partial charge on any atom is 0.220 e. The Hall–Kier alpha value is -2.23. The molecule has 1 aromatic heterocycles. The number of amides is 1. The summed E-state index contributed by atoms with van der Waals surface area (Å²) in [5.41, 5.74) is 3.38. The van der Waals surface area contributed by atoms with Gasteiger partial charge in [0, 0.05) is 38.1 Å². The number of hydrogen-bond acceptors (Lipinski definition) is 2. The Morgan fingerprint density at radius 2 is 1.95 bits per heavy atom. The lowest BCUT2D eigenvalue weighted by Crippen LogP contribution is -2.23. The Kier molecular flexibility index (Phi) is 4.82. The molecule has 0 bridgehead atoms. The molecule has 0 atom stereocenters. The van der Waals surface area contributed by atoms with Crippen molar-refractivity contribution in [2.45, 2.75) is 19.4 Å². The van der Waals surface area contributed by atoms with Gasteiger partial charge >= 0.3 is 0 Å². The third-order valence-electron chi connectivity index (χ3n) is 3.23. The fraction of sp³-hybridized carbons (Fsp3) is 0.312.